The van der Waals surface area contributed by atoms with Gasteiger partial charge in [0.25, 0.3) is 0 Å². The summed E-state index contributed by atoms with van der Waals surface area (Å²) in [5, 5.41) is 0. The van der Waals surface area contributed by atoms with Gasteiger partial charge in [-0.2, -0.15) is 0 Å². The summed E-state index contributed by atoms with van der Waals surface area (Å²) in [6.07, 6.45) is 4.00. The first-order valence-electron chi connectivity index (χ1n) is 9.21. The zero-order chi connectivity index (χ0) is 19.0. The van der Waals surface area contributed by atoms with Gasteiger partial charge >= 0.3 is 0 Å². The number of aromatic nitrogens is 2. The molecule has 1 unspecified atom stereocenters. The third kappa shape index (κ3) is 3.37. The van der Waals surface area contributed by atoms with Crippen LogP contribution in [0.4, 0.5) is 4.39 Å². The van der Waals surface area contributed by atoms with Gasteiger partial charge in [-0.3, -0.25) is 0 Å². The Kier molecular flexibility index (Phi) is 4.31. The molecule has 3 heteroatoms. The van der Waals surface area contributed by atoms with E-state index in [1.807, 2.05) is 6.33 Å². The Morgan fingerprint density at radius 1 is 0.852 bits per heavy atom. The van der Waals surface area contributed by atoms with Crippen molar-refractivity contribution in [3.05, 3.63) is 96.2 Å². The van der Waals surface area contributed by atoms with E-state index in [1.165, 1.54) is 23.3 Å². The lowest BCUT2D eigenvalue weighted by molar-refractivity contribution is 0.358. The van der Waals surface area contributed by atoms with Crippen LogP contribution in [0.2, 0.25) is 0 Å². The lowest BCUT2D eigenvalue weighted by atomic mass is 9.73. The number of pyridine rings is 1. The minimum atomic E-state index is -0.236. The molecule has 2 aromatic carbocycles. The number of imidazole rings is 1. The molecule has 0 N–H and O–H groups in total. The third-order valence-corrected chi connectivity index (χ3v) is 5.00. The van der Waals surface area contributed by atoms with Gasteiger partial charge in [-0.05, 0) is 46.9 Å². The molecule has 4 rings (SSSR count). The Morgan fingerprint density at radius 2 is 1.56 bits per heavy atom. The third-order valence-electron chi connectivity index (χ3n) is 5.00. The lowest BCUT2D eigenvalue weighted by Gasteiger charge is -2.31. The van der Waals surface area contributed by atoms with Gasteiger partial charge in [0.1, 0.15) is 5.82 Å². The molecule has 0 saturated heterocycles. The quantitative estimate of drug-likeness (QED) is 0.419. The predicted octanol–water partition coefficient (Wildman–Crippen LogP) is 6.32. The van der Waals surface area contributed by atoms with Crippen molar-refractivity contribution in [1.29, 1.82) is 0 Å². The summed E-state index contributed by atoms with van der Waals surface area (Å²) < 4.78 is 15.3. The summed E-state index contributed by atoms with van der Waals surface area (Å²) in [4.78, 5) is 4.57. The topological polar surface area (TPSA) is 17.3 Å². The van der Waals surface area contributed by atoms with E-state index < -0.39 is 0 Å². The Bertz CT molecular complexity index is 1060. The van der Waals surface area contributed by atoms with E-state index in [-0.39, 0.29) is 17.2 Å². The molecule has 0 fully saturated rings. The maximum absolute atomic E-state index is 13.2. The van der Waals surface area contributed by atoms with Crippen molar-refractivity contribution < 1.29 is 4.39 Å². The zero-order valence-corrected chi connectivity index (χ0v) is 15.9. The van der Waals surface area contributed by atoms with Crippen LogP contribution in [0, 0.1) is 11.2 Å². The van der Waals surface area contributed by atoms with Crippen LogP contribution >= 0.6 is 0 Å². The van der Waals surface area contributed by atoms with Crippen LogP contribution in [0.5, 0.6) is 0 Å². The van der Waals surface area contributed by atoms with Crippen LogP contribution in [0.3, 0.4) is 0 Å². The van der Waals surface area contributed by atoms with Crippen LogP contribution in [-0.4, -0.2) is 9.38 Å². The Hall–Kier alpha value is -2.94. The standard InChI is InChI=1S/C24H23FN2/c1-24(2,3)22(17-7-5-4-6-8-17)19-11-14-21-23(26-16-27(21)15-19)18-9-12-20(25)13-10-18/h4-16,22H,1-3H3. The van der Waals surface area contributed by atoms with Crippen molar-refractivity contribution in [3.8, 4) is 11.3 Å². The van der Waals surface area contributed by atoms with Crippen molar-refractivity contribution in [1.82, 2.24) is 9.38 Å². The number of benzene rings is 2. The summed E-state index contributed by atoms with van der Waals surface area (Å²) in [5.74, 6) is 0.0419. The van der Waals surface area contributed by atoms with Gasteiger partial charge in [0.15, 0.2) is 0 Å². The zero-order valence-electron chi connectivity index (χ0n) is 15.9. The molecule has 0 aliphatic rings. The summed E-state index contributed by atoms with van der Waals surface area (Å²) in [7, 11) is 0. The molecule has 0 radical (unpaired) electrons. The molecule has 2 heterocycles. The predicted molar refractivity (Wildman–Crippen MR) is 108 cm³/mol. The average molecular weight is 358 g/mol. The molecule has 0 spiro atoms. The van der Waals surface area contributed by atoms with Crippen LogP contribution in [-0.2, 0) is 0 Å². The fourth-order valence-electron chi connectivity index (χ4n) is 3.86. The Balaban J connectivity index is 1.80. The minimum absolute atomic E-state index is 0.0788. The number of nitrogens with zero attached hydrogens (tertiary/aromatic N) is 2. The van der Waals surface area contributed by atoms with Crippen molar-refractivity contribution in [3.63, 3.8) is 0 Å². The SMILES string of the molecule is CC(C)(C)C(c1ccccc1)c1ccc2c(-c3ccc(F)cc3)ncn2c1. The summed E-state index contributed by atoms with van der Waals surface area (Å²) in [5.41, 5.74) is 5.45. The molecule has 1 atom stereocenters. The molecular weight excluding hydrogens is 335 g/mol. The molecule has 2 nitrogen and oxygen atoms in total. The first-order chi connectivity index (χ1) is 12.9. The molecular formula is C24H23FN2. The molecule has 0 aliphatic carbocycles. The fraction of sp³-hybridized carbons (Fsp3) is 0.208. The molecule has 0 saturated carbocycles. The molecule has 136 valence electrons. The number of hydrogen-bond donors (Lipinski definition) is 0. The van der Waals surface area contributed by atoms with Gasteiger partial charge in [0.05, 0.1) is 17.5 Å². The highest BCUT2D eigenvalue weighted by Crippen LogP contribution is 2.40. The monoisotopic (exact) mass is 358 g/mol. The highest BCUT2D eigenvalue weighted by molar-refractivity contribution is 5.77. The van der Waals surface area contributed by atoms with Gasteiger partial charge in [-0.25, -0.2) is 9.37 Å². The molecule has 0 bridgehead atoms. The van der Waals surface area contributed by atoms with E-state index in [1.54, 1.807) is 12.1 Å². The molecule has 0 amide bonds. The van der Waals surface area contributed by atoms with Crippen LogP contribution in [0.25, 0.3) is 16.8 Å². The Labute approximate surface area is 159 Å². The van der Waals surface area contributed by atoms with Gasteiger partial charge < -0.3 is 4.40 Å². The van der Waals surface area contributed by atoms with Crippen LogP contribution < -0.4 is 0 Å². The van der Waals surface area contributed by atoms with Crippen molar-refractivity contribution in [2.45, 2.75) is 26.7 Å². The Morgan fingerprint density at radius 3 is 2.22 bits per heavy atom. The van der Waals surface area contributed by atoms with E-state index >= 15 is 0 Å². The second-order valence-electron chi connectivity index (χ2n) is 8.06. The highest BCUT2D eigenvalue weighted by atomic mass is 19.1. The fourth-order valence-corrected chi connectivity index (χ4v) is 3.86. The number of halogens is 1. The smallest absolute Gasteiger partial charge is 0.123 e. The van der Waals surface area contributed by atoms with E-state index in [9.17, 15) is 4.39 Å². The van der Waals surface area contributed by atoms with E-state index in [4.69, 9.17) is 0 Å². The summed E-state index contributed by atoms with van der Waals surface area (Å²) in [6, 6.07) is 21.4. The first kappa shape index (κ1) is 17.5. The van der Waals surface area contributed by atoms with Crippen LogP contribution in [0.1, 0.15) is 37.8 Å². The second kappa shape index (κ2) is 6.66. The van der Waals surface area contributed by atoms with Crippen molar-refractivity contribution >= 4 is 5.52 Å². The lowest BCUT2D eigenvalue weighted by Crippen LogP contribution is -2.20. The van der Waals surface area contributed by atoms with Crippen molar-refractivity contribution in [2.24, 2.45) is 5.41 Å². The van der Waals surface area contributed by atoms with Crippen molar-refractivity contribution in [2.75, 3.05) is 0 Å². The maximum atomic E-state index is 13.2. The van der Waals surface area contributed by atoms with Gasteiger partial charge in [0, 0.05) is 17.7 Å². The highest BCUT2D eigenvalue weighted by Gasteiger charge is 2.28. The number of hydrogen-bond acceptors (Lipinski definition) is 1. The maximum Gasteiger partial charge on any atom is 0.123 e. The van der Waals surface area contributed by atoms with Crippen LogP contribution in [0.15, 0.2) is 79.3 Å². The molecule has 4 aromatic rings. The van der Waals surface area contributed by atoms with Gasteiger partial charge in [-0.15, -0.1) is 0 Å². The first-order valence-corrected chi connectivity index (χ1v) is 9.21. The van der Waals surface area contributed by atoms with E-state index in [2.05, 4.69) is 78.8 Å². The van der Waals surface area contributed by atoms with E-state index in [0.29, 0.717) is 0 Å². The second-order valence-corrected chi connectivity index (χ2v) is 8.06. The molecule has 0 aliphatic heterocycles. The number of fused-ring (bicyclic) bond motifs is 1. The summed E-state index contributed by atoms with van der Waals surface area (Å²) >= 11 is 0. The van der Waals surface area contributed by atoms with Gasteiger partial charge in [-0.1, -0.05) is 57.2 Å². The summed E-state index contributed by atoms with van der Waals surface area (Å²) in [6.45, 7) is 6.81. The molecule has 2 aromatic heterocycles. The minimum Gasteiger partial charge on any atom is -0.305 e. The van der Waals surface area contributed by atoms with E-state index in [0.717, 1.165) is 16.8 Å². The average Bonchev–Trinajstić information content (AvgIpc) is 3.05. The van der Waals surface area contributed by atoms with Gasteiger partial charge in [0.2, 0.25) is 0 Å². The largest absolute Gasteiger partial charge is 0.305 e. The molecule has 27 heavy (non-hydrogen) atoms. The normalized spacial score (nSPS) is 13.0. The number of rotatable bonds is 3.